The molecule has 4 nitrogen and oxygen atoms in total. The summed E-state index contributed by atoms with van der Waals surface area (Å²) in [5.41, 5.74) is 6.28. The highest BCUT2D eigenvalue weighted by Crippen LogP contribution is 2.41. The quantitative estimate of drug-likeness (QED) is 0.173. The summed E-state index contributed by atoms with van der Waals surface area (Å²) >= 11 is 0. The fourth-order valence-corrected chi connectivity index (χ4v) is 5.96. The van der Waals surface area contributed by atoms with E-state index in [9.17, 15) is 10.5 Å². The van der Waals surface area contributed by atoms with Crippen molar-refractivity contribution < 1.29 is 4.74 Å². The SMILES string of the molecule is CCCCCN(CCCCC)c1ccc(/C=C/C2=CC(=C/C=C/C3=C(C#N)C(=C(/C)C#N)/OC3(C)C)/CC(C)(C)C2)cc1. The number of unbranched alkanes of at least 4 members (excludes halogenated alkanes) is 4. The van der Waals surface area contributed by atoms with Gasteiger partial charge in [-0.25, -0.2) is 0 Å². The first-order chi connectivity index (χ1) is 20.5. The maximum atomic E-state index is 9.82. The van der Waals surface area contributed by atoms with E-state index in [0.29, 0.717) is 16.9 Å². The van der Waals surface area contributed by atoms with Gasteiger partial charge in [0.05, 0.1) is 11.6 Å². The zero-order chi connectivity index (χ0) is 31.5. The number of ether oxygens (including phenoxy) is 1. The van der Waals surface area contributed by atoms with Crippen LogP contribution in [0.3, 0.4) is 0 Å². The van der Waals surface area contributed by atoms with Crippen molar-refractivity contribution in [1.29, 1.82) is 10.5 Å². The second kappa shape index (κ2) is 15.6. The van der Waals surface area contributed by atoms with Crippen LogP contribution in [0, 0.1) is 28.1 Å². The third-order valence-electron chi connectivity index (χ3n) is 8.24. The number of hydrogen-bond donors (Lipinski definition) is 0. The van der Waals surface area contributed by atoms with Gasteiger partial charge in [0.1, 0.15) is 17.2 Å². The van der Waals surface area contributed by atoms with Gasteiger partial charge in [-0.05, 0) is 80.7 Å². The third-order valence-corrected chi connectivity index (χ3v) is 8.24. The molecule has 1 heterocycles. The zero-order valence-electron chi connectivity index (χ0n) is 27.6. The van der Waals surface area contributed by atoms with Crippen LogP contribution >= 0.6 is 0 Å². The van der Waals surface area contributed by atoms with E-state index in [-0.39, 0.29) is 5.41 Å². The lowest BCUT2D eigenvalue weighted by Gasteiger charge is -2.30. The summed E-state index contributed by atoms with van der Waals surface area (Å²) in [6.45, 7) is 17.0. The van der Waals surface area contributed by atoms with Gasteiger partial charge in [0.2, 0.25) is 0 Å². The highest BCUT2D eigenvalue weighted by atomic mass is 16.5. The molecule has 0 N–H and O–H groups in total. The number of nitriles is 2. The van der Waals surface area contributed by atoms with Crippen molar-refractivity contribution in [3.8, 4) is 12.1 Å². The maximum absolute atomic E-state index is 9.82. The molecule has 0 saturated carbocycles. The normalized spacial score (nSPS) is 19.8. The Kier molecular flexibility index (Phi) is 12.3. The molecule has 0 radical (unpaired) electrons. The van der Waals surface area contributed by atoms with Crippen LogP contribution in [-0.2, 0) is 4.74 Å². The highest BCUT2D eigenvalue weighted by molar-refractivity contribution is 5.59. The minimum absolute atomic E-state index is 0.155. The molecule has 4 heteroatoms. The molecule has 0 aromatic heterocycles. The lowest BCUT2D eigenvalue weighted by molar-refractivity contribution is 0.0948. The fraction of sp³-hybridized carbons (Fsp3) is 0.487. The summed E-state index contributed by atoms with van der Waals surface area (Å²) in [5, 5.41) is 19.2. The summed E-state index contributed by atoms with van der Waals surface area (Å²) in [5.74, 6) is 0.391. The molecule has 2 aliphatic rings. The summed E-state index contributed by atoms with van der Waals surface area (Å²) in [6, 6.07) is 13.4. The Morgan fingerprint density at radius 1 is 0.907 bits per heavy atom. The van der Waals surface area contributed by atoms with Gasteiger partial charge in [-0.15, -0.1) is 0 Å². The molecular weight excluding hydrogens is 526 g/mol. The molecule has 1 aromatic rings. The van der Waals surface area contributed by atoms with Gasteiger partial charge < -0.3 is 9.64 Å². The maximum Gasteiger partial charge on any atom is 0.152 e. The standard InChI is InChI=1S/C39H51N3O/c1-8-10-12-23-42(24-13-11-9-2)34-21-19-31(20-22-34)17-18-33-25-32(26-38(4,5)27-33)15-14-16-36-35(29-41)37(30(3)28-40)43-39(36,6)7/h14-22,25H,8-13,23-24,26-27H2,1-7H3/b16-14+,18-17+,32-15-,37-30+. The summed E-state index contributed by atoms with van der Waals surface area (Å²) in [4.78, 5) is 2.56. The van der Waals surface area contributed by atoms with Crippen molar-refractivity contribution in [3.63, 3.8) is 0 Å². The third kappa shape index (κ3) is 9.62. The van der Waals surface area contributed by atoms with Crippen LogP contribution in [0.2, 0.25) is 0 Å². The van der Waals surface area contributed by atoms with Gasteiger partial charge in [0, 0.05) is 24.4 Å². The first kappa shape index (κ1) is 33.7. The molecule has 0 saturated heterocycles. The molecule has 0 atom stereocenters. The van der Waals surface area contributed by atoms with Crippen LogP contribution in [0.5, 0.6) is 0 Å². The second-order valence-electron chi connectivity index (χ2n) is 13.2. The molecule has 1 aliphatic heterocycles. The number of anilines is 1. The predicted octanol–water partition coefficient (Wildman–Crippen LogP) is 10.5. The first-order valence-electron chi connectivity index (χ1n) is 16.1. The van der Waals surface area contributed by atoms with E-state index in [0.717, 1.165) is 31.5 Å². The van der Waals surface area contributed by atoms with E-state index in [1.54, 1.807) is 6.92 Å². The number of allylic oxidation sites excluding steroid dienone is 8. The molecule has 43 heavy (non-hydrogen) atoms. The fourth-order valence-electron chi connectivity index (χ4n) is 5.96. The van der Waals surface area contributed by atoms with Crippen molar-refractivity contribution in [1.82, 2.24) is 0 Å². The van der Waals surface area contributed by atoms with Crippen molar-refractivity contribution >= 4 is 11.8 Å². The number of rotatable bonds is 13. The number of benzene rings is 1. The van der Waals surface area contributed by atoms with E-state index in [1.807, 2.05) is 26.0 Å². The van der Waals surface area contributed by atoms with Gasteiger partial charge in [0.25, 0.3) is 0 Å². The molecule has 228 valence electrons. The Labute approximate surface area is 261 Å². The van der Waals surface area contributed by atoms with Crippen molar-refractivity contribution in [2.75, 3.05) is 18.0 Å². The van der Waals surface area contributed by atoms with E-state index in [2.05, 4.69) is 93.3 Å². The average molecular weight is 578 g/mol. The minimum atomic E-state index is -0.666. The van der Waals surface area contributed by atoms with Crippen molar-refractivity contribution in [3.05, 3.63) is 93.8 Å². The van der Waals surface area contributed by atoms with Crippen molar-refractivity contribution in [2.24, 2.45) is 5.41 Å². The minimum Gasteiger partial charge on any atom is -0.481 e. The van der Waals surface area contributed by atoms with Crippen molar-refractivity contribution in [2.45, 2.75) is 105 Å². The van der Waals surface area contributed by atoms with Gasteiger partial charge in [0.15, 0.2) is 5.76 Å². The van der Waals surface area contributed by atoms with Gasteiger partial charge in [-0.1, -0.05) is 102 Å². The van der Waals surface area contributed by atoms with Crippen LogP contribution < -0.4 is 4.90 Å². The number of nitrogens with zero attached hydrogens (tertiary/aromatic N) is 3. The zero-order valence-corrected chi connectivity index (χ0v) is 27.6. The smallest absolute Gasteiger partial charge is 0.152 e. The lowest BCUT2D eigenvalue weighted by atomic mass is 9.75. The van der Waals surface area contributed by atoms with Crippen LogP contribution in [0.25, 0.3) is 6.08 Å². The van der Waals surface area contributed by atoms with E-state index in [4.69, 9.17) is 4.74 Å². The lowest BCUT2D eigenvalue weighted by Crippen LogP contribution is -2.25. The Morgan fingerprint density at radius 2 is 1.56 bits per heavy atom. The van der Waals surface area contributed by atoms with E-state index < -0.39 is 5.60 Å². The van der Waals surface area contributed by atoms with Gasteiger partial charge in [-0.3, -0.25) is 0 Å². The van der Waals surface area contributed by atoms with Crippen LogP contribution in [-0.4, -0.2) is 18.7 Å². The molecule has 0 fully saturated rings. The predicted molar refractivity (Wildman–Crippen MR) is 181 cm³/mol. The second-order valence-corrected chi connectivity index (χ2v) is 13.2. The Hall–Kier alpha value is -3.76. The van der Waals surface area contributed by atoms with Gasteiger partial charge >= 0.3 is 0 Å². The molecule has 1 aliphatic carbocycles. The summed E-state index contributed by atoms with van der Waals surface area (Å²) in [6.07, 6.45) is 22.5. The van der Waals surface area contributed by atoms with Crippen LogP contribution in [0.15, 0.2) is 88.3 Å². The number of hydrogen-bond acceptors (Lipinski definition) is 4. The van der Waals surface area contributed by atoms with E-state index in [1.165, 1.54) is 60.9 Å². The van der Waals surface area contributed by atoms with Gasteiger partial charge in [-0.2, -0.15) is 10.5 Å². The van der Waals surface area contributed by atoms with Crippen LogP contribution in [0.4, 0.5) is 5.69 Å². The molecule has 0 spiro atoms. The Morgan fingerprint density at radius 3 is 2.14 bits per heavy atom. The average Bonchev–Trinajstić information content (AvgIpc) is 3.23. The molecular formula is C39H51N3O. The van der Waals surface area contributed by atoms with Crippen LogP contribution in [0.1, 0.15) is 105 Å². The molecule has 0 bridgehead atoms. The molecule has 0 unspecified atom stereocenters. The summed E-state index contributed by atoms with van der Waals surface area (Å²) in [7, 11) is 0. The summed E-state index contributed by atoms with van der Waals surface area (Å²) < 4.78 is 6.01. The topological polar surface area (TPSA) is 60.0 Å². The highest BCUT2D eigenvalue weighted by Gasteiger charge is 2.37. The Balaban J connectivity index is 1.78. The largest absolute Gasteiger partial charge is 0.481 e. The van der Waals surface area contributed by atoms with E-state index >= 15 is 0 Å². The first-order valence-corrected chi connectivity index (χ1v) is 16.1. The molecule has 0 amide bonds. The monoisotopic (exact) mass is 577 g/mol. The molecule has 1 aromatic carbocycles. The Bertz CT molecular complexity index is 1370. The molecule has 3 rings (SSSR count).